The van der Waals surface area contributed by atoms with Crippen LogP contribution in [0, 0.1) is 0 Å². The van der Waals surface area contributed by atoms with E-state index in [1.807, 2.05) is 0 Å². The Morgan fingerprint density at radius 3 is 2.69 bits per heavy atom. The summed E-state index contributed by atoms with van der Waals surface area (Å²) in [6.07, 6.45) is 0.230. The molecule has 0 aromatic heterocycles. The molecule has 0 bridgehead atoms. The molecule has 2 aliphatic rings. The number of aliphatic hydroxyl groups is 1. The molecule has 0 aliphatic carbocycles. The Balaban J connectivity index is 2.41. The van der Waals surface area contributed by atoms with Crippen LogP contribution in [0.25, 0.3) is 0 Å². The van der Waals surface area contributed by atoms with Crippen LogP contribution in [0.15, 0.2) is 11.8 Å². The lowest BCUT2D eigenvalue weighted by atomic mass is 10.0. The molecule has 0 spiro atoms. The molecule has 0 aromatic rings. The second-order valence-corrected chi connectivity index (χ2v) is 3.85. The second-order valence-electron chi connectivity index (χ2n) is 3.85. The Morgan fingerprint density at radius 1 is 1.50 bits per heavy atom. The third-order valence-electron chi connectivity index (χ3n) is 2.94. The van der Waals surface area contributed by atoms with Crippen LogP contribution >= 0.6 is 0 Å². The summed E-state index contributed by atoms with van der Waals surface area (Å²) in [6, 6.07) is -2.78. The van der Waals surface area contributed by atoms with Gasteiger partial charge in [-0.05, 0) is 12.8 Å². The average molecular weight is 233 g/mol. The maximum absolute atomic E-state index is 13.5. The number of aliphatic carboxylic acids is 1. The second kappa shape index (κ2) is 3.16. The van der Waals surface area contributed by atoms with Crippen molar-refractivity contribution < 1.29 is 28.6 Å². The molecule has 0 saturated carbocycles. The van der Waals surface area contributed by atoms with E-state index in [4.69, 9.17) is 10.2 Å². The van der Waals surface area contributed by atoms with E-state index >= 15 is 0 Å². The number of carboxylic acids is 1. The topological polar surface area (TPSA) is 77.8 Å². The molecular weight excluding hydrogens is 224 g/mol. The van der Waals surface area contributed by atoms with Gasteiger partial charge >= 0.3 is 11.9 Å². The average Bonchev–Trinajstić information content (AvgIpc) is 2.60. The standard InChI is InChI=1S/C9H9F2NO4/c10-9(11)5-2-1-4(8(15)16)12(5)7(14)3-6(9)13/h3-5,13H,1-2H2,(H,15,16)/t4-,5?/m0/s1. The van der Waals surface area contributed by atoms with Gasteiger partial charge in [0.25, 0.3) is 5.91 Å². The zero-order valence-electron chi connectivity index (χ0n) is 8.06. The normalized spacial score (nSPS) is 32.2. The first-order chi connectivity index (χ1) is 7.35. The first kappa shape index (κ1) is 10.8. The zero-order valence-corrected chi connectivity index (χ0v) is 8.06. The molecule has 7 heteroatoms. The maximum Gasteiger partial charge on any atom is 0.326 e. The lowest BCUT2D eigenvalue weighted by Gasteiger charge is -2.35. The summed E-state index contributed by atoms with van der Waals surface area (Å²) < 4.78 is 26.9. The van der Waals surface area contributed by atoms with Gasteiger partial charge < -0.3 is 15.1 Å². The van der Waals surface area contributed by atoms with E-state index in [1.165, 1.54) is 0 Å². The van der Waals surface area contributed by atoms with Crippen molar-refractivity contribution in [2.45, 2.75) is 30.8 Å². The van der Waals surface area contributed by atoms with Crippen molar-refractivity contribution in [1.29, 1.82) is 0 Å². The smallest absolute Gasteiger partial charge is 0.326 e. The number of fused-ring (bicyclic) bond motifs is 1. The van der Waals surface area contributed by atoms with E-state index in [9.17, 15) is 18.4 Å². The summed E-state index contributed by atoms with van der Waals surface area (Å²) in [7, 11) is 0. The Labute approximate surface area is 89.0 Å². The predicted molar refractivity (Wildman–Crippen MR) is 47.0 cm³/mol. The number of carbonyl (C=O) groups is 2. The van der Waals surface area contributed by atoms with Crippen molar-refractivity contribution in [3.8, 4) is 0 Å². The number of rotatable bonds is 1. The number of nitrogens with zero attached hydrogens (tertiary/aromatic N) is 1. The Hall–Kier alpha value is -1.66. The quantitative estimate of drug-likeness (QED) is 0.692. The first-order valence-electron chi connectivity index (χ1n) is 4.69. The third kappa shape index (κ3) is 1.27. The van der Waals surface area contributed by atoms with Gasteiger partial charge in [0.2, 0.25) is 0 Å². The van der Waals surface area contributed by atoms with E-state index < -0.39 is 35.6 Å². The van der Waals surface area contributed by atoms with Crippen LogP contribution < -0.4 is 0 Å². The van der Waals surface area contributed by atoms with E-state index in [0.717, 1.165) is 0 Å². The van der Waals surface area contributed by atoms with Crippen molar-refractivity contribution in [3.63, 3.8) is 0 Å². The zero-order chi connectivity index (χ0) is 12.1. The SMILES string of the molecule is O=C(O)[C@@H]1CCC2N1C(=O)C=C(O)C2(F)F. The van der Waals surface area contributed by atoms with Gasteiger partial charge in [-0.25, -0.2) is 4.79 Å². The van der Waals surface area contributed by atoms with Gasteiger partial charge in [-0.2, -0.15) is 8.78 Å². The number of carbonyl (C=O) groups excluding carboxylic acids is 1. The van der Waals surface area contributed by atoms with E-state index in [-0.39, 0.29) is 12.8 Å². The molecular formula is C9H9F2NO4. The predicted octanol–water partition coefficient (Wildman–Crippen LogP) is 0.521. The van der Waals surface area contributed by atoms with Gasteiger partial charge in [-0.3, -0.25) is 4.79 Å². The lowest BCUT2D eigenvalue weighted by molar-refractivity contribution is -0.156. The highest BCUT2D eigenvalue weighted by Gasteiger charge is 2.57. The lowest BCUT2D eigenvalue weighted by Crippen LogP contribution is -2.55. The molecule has 0 aromatic carbocycles. The molecule has 0 radical (unpaired) electrons. The molecule has 1 unspecified atom stereocenters. The van der Waals surface area contributed by atoms with Crippen LogP contribution in [0.4, 0.5) is 8.78 Å². The number of alkyl halides is 2. The fourth-order valence-corrected chi connectivity index (χ4v) is 2.18. The highest BCUT2D eigenvalue weighted by atomic mass is 19.3. The molecule has 2 aliphatic heterocycles. The maximum atomic E-state index is 13.5. The Morgan fingerprint density at radius 2 is 2.12 bits per heavy atom. The van der Waals surface area contributed by atoms with Gasteiger partial charge in [0, 0.05) is 6.08 Å². The minimum Gasteiger partial charge on any atom is -0.506 e. The van der Waals surface area contributed by atoms with Gasteiger partial charge in [-0.1, -0.05) is 0 Å². The van der Waals surface area contributed by atoms with Crippen LogP contribution in [0.1, 0.15) is 12.8 Å². The Bertz CT molecular complexity index is 393. The number of amides is 1. The summed E-state index contributed by atoms with van der Waals surface area (Å²) >= 11 is 0. The van der Waals surface area contributed by atoms with Crippen LogP contribution in [0.5, 0.6) is 0 Å². The van der Waals surface area contributed by atoms with Gasteiger partial charge in [0.15, 0.2) is 5.76 Å². The van der Waals surface area contributed by atoms with Crippen molar-refractivity contribution in [2.75, 3.05) is 0 Å². The highest BCUT2D eigenvalue weighted by molar-refractivity contribution is 5.93. The summed E-state index contributed by atoms with van der Waals surface area (Å²) in [4.78, 5) is 22.8. The van der Waals surface area contributed by atoms with E-state index in [2.05, 4.69) is 0 Å². The molecule has 88 valence electrons. The molecule has 1 fully saturated rings. The molecule has 16 heavy (non-hydrogen) atoms. The molecule has 2 heterocycles. The minimum atomic E-state index is -3.56. The molecule has 2 rings (SSSR count). The monoisotopic (exact) mass is 233 g/mol. The molecule has 2 N–H and O–H groups in total. The summed E-state index contributed by atoms with van der Waals surface area (Å²) in [5, 5.41) is 17.8. The van der Waals surface area contributed by atoms with Gasteiger partial charge in [-0.15, -0.1) is 0 Å². The van der Waals surface area contributed by atoms with Crippen LogP contribution in [-0.4, -0.2) is 45.0 Å². The highest BCUT2D eigenvalue weighted by Crippen LogP contribution is 2.41. The summed E-state index contributed by atoms with van der Waals surface area (Å²) in [5.41, 5.74) is 0. The minimum absolute atomic E-state index is 0.0253. The number of hydrogen-bond donors (Lipinski definition) is 2. The number of hydrogen-bond acceptors (Lipinski definition) is 3. The van der Waals surface area contributed by atoms with E-state index in [1.54, 1.807) is 0 Å². The molecule has 2 atom stereocenters. The first-order valence-corrected chi connectivity index (χ1v) is 4.69. The molecule has 5 nitrogen and oxygen atoms in total. The fraction of sp³-hybridized carbons (Fsp3) is 0.556. The Kier molecular flexibility index (Phi) is 2.14. The van der Waals surface area contributed by atoms with Crippen LogP contribution in [0.3, 0.4) is 0 Å². The number of aliphatic hydroxyl groups excluding tert-OH is 1. The van der Waals surface area contributed by atoms with Crippen LogP contribution in [-0.2, 0) is 9.59 Å². The third-order valence-corrected chi connectivity index (χ3v) is 2.94. The van der Waals surface area contributed by atoms with Crippen molar-refractivity contribution in [3.05, 3.63) is 11.8 Å². The van der Waals surface area contributed by atoms with Crippen molar-refractivity contribution in [1.82, 2.24) is 4.90 Å². The summed E-state index contributed by atoms with van der Waals surface area (Å²) in [5.74, 6) is -7.03. The fourth-order valence-electron chi connectivity index (χ4n) is 2.18. The van der Waals surface area contributed by atoms with Crippen molar-refractivity contribution in [2.24, 2.45) is 0 Å². The summed E-state index contributed by atoms with van der Waals surface area (Å²) in [6.45, 7) is 0. The molecule has 1 amide bonds. The van der Waals surface area contributed by atoms with E-state index in [0.29, 0.717) is 11.0 Å². The van der Waals surface area contributed by atoms with Gasteiger partial charge in [0.1, 0.15) is 12.1 Å². The number of halogens is 2. The number of carboxylic acid groups (broad SMARTS) is 1. The molecule has 1 saturated heterocycles. The van der Waals surface area contributed by atoms with Crippen LogP contribution in [0.2, 0.25) is 0 Å². The largest absolute Gasteiger partial charge is 0.506 e. The van der Waals surface area contributed by atoms with Gasteiger partial charge in [0.05, 0.1) is 0 Å². The van der Waals surface area contributed by atoms with Crippen molar-refractivity contribution >= 4 is 11.9 Å².